The zero-order valence-corrected chi connectivity index (χ0v) is 17.3. The number of ether oxygens (including phenoxy) is 2. The van der Waals surface area contributed by atoms with Gasteiger partial charge in [-0.1, -0.05) is 30.3 Å². The maximum atomic E-state index is 13.0. The van der Waals surface area contributed by atoms with Crippen LogP contribution >= 0.6 is 0 Å². The number of hydrogen-bond donors (Lipinski definition) is 1. The van der Waals surface area contributed by atoms with Crippen LogP contribution < -0.4 is 4.74 Å². The summed E-state index contributed by atoms with van der Waals surface area (Å²) in [5.41, 5.74) is 6.11. The molecule has 1 atom stereocenters. The van der Waals surface area contributed by atoms with Crippen molar-refractivity contribution < 1.29 is 14.3 Å². The number of hydrogen-bond acceptors (Lipinski definition) is 3. The van der Waals surface area contributed by atoms with Crippen molar-refractivity contribution in [3.63, 3.8) is 0 Å². The van der Waals surface area contributed by atoms with E-state index in [0.29, 0.717) is 13.2 Å². The quantitative estimate of drug-likeness (QED) is 0.663. The molecule has 1 unspecified atom stereocenters. The molecule has 0 fully saturated rings. The summed E-state index contributed by atoms with van der Waals surface area (Å²) < 4.78 is 10.7. The van der Waals surface area contributed by atoms with Crippen molar-refractivity contribution in [3.8, 4) is 17.0 Å². The second-order valence-corrected chi connectivity index (χ2v) is 7.39. The third-order valence-electron chi connectivity index (χ3n) is 5.81. The second-order valence-electron chi connectivity index (χ2n) is 7.39. The van der Waals surface area contributed by atoms with Crippen LogP contribution in [0.25, 0.3) is 22.2 Å². The molecule has 1 aliphatic heterocycles. The number of H-pyrrole nitrogens is 1. The van der Waals surface area contributed by atoms with Crippen LogP contribution in [0.5, 0.6) is 5.75 Å². The van der Waals surface area contributed by atoms with Crippen molar-refractivity contribution in [3.05, 3.63) is 65.2 Å². The summed E-state index contributed by atoms with van der Waals surface area (Å²) in [6, 6.07) is 16.1. The topological polar surface area (TPSA) is 54.6 Å². The van der Waals surface area contributed by atoms with Crippen molar-refractivity contribution in [1.29, 1.82) is 0 Å². The molecule has 0 saturated carbocycles. The first-order valence-electron chi connectivity index (χ1n) is 9.79. The van der Waals surface area contributed by atoms with E-state index in [0.717, 1.165) is 44.6 Å². The summed E-state index contributed by atoms with van der Waals surface area (Å²) in [4.78, 5) is 18.5. The number of fused-ring (bicyclic) bond motifs is 1. The first-order chi connectivity index (χ1) is 14.1. The molecule has 2 aromatic carbocycles. The van der Waals surface area contributed by atoms with Crippen molar-refractivity contribution >= 4 is 16.8 Å². The molecule has 0 saturated heterocycles. The van der Waals surface area contributed by atoms with E-state index in [-0.39, 0.29) is 11.9 Å². The molecule has 0 spiro atoms. The number of carbonyl (C=O) groups excluding carboxylic acids is 1. The number of para-hydroxylation sites is 1. The zero-order chi connectivity index (χ0) is 20.5. The molecule has 1 N–H and O–H groups in total. The molecule has 0 radical (unpaired) electrons. The third-order valence-corrected chi connectivity index (χ3v) is 5.81. The predicted molar refractivity (Wildman–Crippen MR) is 115 cm³/mol. The van der Waals surface area contributed by atoms with Gasteiger partial charge in [-0.2, -0.15) is 0 Å². The van der Waals surface area contributed by atoms with E-state index >= 15 is 0 Å². The number of aromatic nitrogens is 1. The van der Waals surface area contributed by atoms with Gasteiger partial charge in [0.2, 0.25) is 5.91 Å². The molecular weight excluding hydrogens is 364 g/mol. The largest absolute Gasteiger partial charge is 0.497 e. The second kappa shape index (κ2) is 7.76. The lowest BCUT2D eigenvalue weighted by molar-refractivity contribution is -0.127. The highest BCUT2D eigenvalue weighted by Crippen LogP contribution is 2.45. The van der Waals surface area contributed by atoms with Crippen molar-refractivity contribution in [1.82, 2.24) is 9.88 Å². The van der Waals surface area contributed by atoms with Crippen LogP contribution in [0, 0.1) is 0 Å². The van der Waals surface area contributed by atoms with Crippen LogP contribution in [0.15, 0.2) is 59.7 Å². The van der Waals surface area contributed by atoms with Gasteiger partial charge in [0.25, 0.3) is 0 Å². The molecule has 5 nitrogen and oxygen atoms in total. The van der Waals surface area contributed by atoms with Crippen LogP contribution in [0.3, 0.4) is 0 Å². The Morgan fingerprint density at radius 2 is 1.86 bits per heavy atom. The molecule has 29 heavy (non-hydrogen) atoms. The first kappa shape index (κ1) is 19.3. The smallest absolute Gasteiger partial charge is 0.250 e. The number of nitrogens with zero attached hydrogens (tertiary/aromatic N) is 1. The van der Waals surface area contributed by atoms with Crippen LogP contribution in [-0.4, -0.2) is 43.2 Å². The van der Waals surface area contributed by atoms with Gasteiger partial charge in [-0.3, -0.25) is 4.79 Å². The predicted octanol–water partition coefficient (Wildman–Crippen LogP) is 4.71. The maximum absolute atomic E-state index is 13.0. The van der Waals surface area contributed by atoms with Gasteiger partial charge in [0.05, 0.1) is 25.5 Å². The summed E-state index contributed by atoms with van der Waals surface area (Å²) in [7, 11) is 3.33. The molecule has 1 aromatic heterocycles. The fraction of sp³-hybridized carbons (Fsp3) is 0.292. The minimum absolute atomic E-state index is 0.0754. The number of methoxy groups -OCH3 is 2. The van der Waals surface area contributed by atoms with Gasteiger partial charge in [-0.15, -0.1) is 0 Å². The Bertz CT molecular complexity index is 1100. The van der Waals surface area contributed by atoms with Gasteiger partial charge in [-0.25, -0.2) is 0 Å². The average molecular weight is 390 g/mol. The molecule has 3 aromatic rings. The minimum Gasteiger partial charge on any atom is -0.497 e. The molecule has 4 rings (SSSR count). The summed E-state index contributed by atoms with van der Waals surface area (Å²) in [5.74, 6) is 0.876. The van der Waals surface area contributed by atoms with Crippen molar-refractivity contribution in [2.45, 2.75) is 19.9 Å². The number of nitrogens with one attached hydrogen (secondary N) is 1. The maximum Gasteiger partial charge on any atom is 0.250 e. The Labute approximate surface area is 170 Å². The Morgan fingerprint density at radius 3 is 2.62 bits per heavy atom. The van der Waals surface area contributed by atoms with Crippen molar-refractivity contribution in [2.75, 3.05) is 27.4 Å². The molecule has 0 bridgehead atoms. The van der Waals surface area contributed by atoms with Gasteiger partial charge in [0.1, 0.15) is 5.75 Å². The minimum atomic E-state index is -0.130. The van der Waals surface area contributed by atoms with E-state index in [4.69, 9.17) is 9.47 Å². The molecule has 1 aliphatic rings. The molecule has 5 heteroatoms. The number of rotatable bonds is 6. The van der Waals surface area contributed by atoms with Crippen LogP contribution in [0.2, 0.25) is 0 Å². The Kier molecular flexibility index (Phi) is 5.16. The summed E-state index contributed by atoms with van der Waals surface area (Å²) >= 11 is 0. The van der Waals surface area contributed by atoms with Gasteiger partial charge >= 0.3 is 0 Å². The number of carbonyl (C=O) groups is 1. The van der Waals surface area contributed by atoms with Crippen LogP contribution in [-0.2, 0) is 9.53 Å². The Hall–Kier alpha value is -3.05. The van der Waals surface area contributed by atoms with Gasteiger partial charge < -0.3 is 19.4 Å². The Morgan fingerprint density at radius 1 is 1.07 bits per heavy atom. The number of aromatic amines is 1. The lowest BCUT2D eigenvalue weighted by Crippen LogP contribution is -2.33. The van der Waals surface area contributed by atoms with Gasteiger partial charge in [0.15, 0.2) is 0 Å². The van der Waals surface area contributed by atoms with E-state index in [1.165, 1.54) is 0 Å². The average Bonchev–Trinajstić information content (AvgIpc) is 3.23. The summed E-state index contributed by atoms with van der Waals surface area (Å²) in [5, 5.41) is 1.12. The van der Waals surface area contributed by atoms with E-state index in [1.54, 1.807) is 14.2 Å². The molecule has 1 amide bonds. The van der Waals surface area contributed by atoms with Crippen LogP contribution in [0.1, 0.15) is 25.5 Å². The third kappa shape index (κ3) is 3.21. The van der Waals surface area contributed by atoms with Gasteiger partial charge in [-0.05, 0) is 37.6 Å². The van der Waals surface area contributed by atoms with E-state index in [1.807, 2.05) is 42.2 Å². The monoisotopic (exact) mass is 390 g/mol. The highest BCUT2D eigenvalue weighted by molar-refractivity contribution is 6.00. The number of benzene rings is 2. The highest BCUT2D eigenvalue weighted by Gasteiger charge is 2.38. The Balaban J connectivity index is 1.95. The normalized spacial score (nSPS) is 16.9. The van der Waals surface area contributed by atoms with E-state index in [9.17, 15) is 4.79 Å². The first-order valence-corrected chi connectivity index (χ1v) is 9.79. The molecule has 150 valence electrons. The molecule has 0 aliphatic carbocycles. The highest BCUT2D eigenvalue weighted by atomic mass is 16.5. The lowest BCUT2D eigenvalue weighted by atomic mass is 9.93. The SMILES string of the molecule is COCCN1C(=O)C(C)=C(C)C1c1c(-c2cccc(OC)c2)[nH]c2ccccc12. The molecular formula is C24H26N2O3. The molecule has 2 heterocycles. The summed E-state index contributed by atoms with van der Waals surface area (Å²) in [6.45, 7) is 5.02. The standard InChI is InChI=1S/C24H26N2O3/c1-15-16(2)24(27)26(12-13-28-3)23(15)21-19-10-5-6-11-20(19)25-22(21)17-8-7-9-18(14-17)29-4/h5-11,14,23,25H,12-13H2,1-4H3. The fourth-order valence-corrected chi connectivity index (χ4v) is 4.19. The zero-order valence-electron chi connectivity index (χ0n) is 17.3. The van der Waals surface area contributed by atoms with E-state index < -0.39 is 0 Å². The fourth-order valence-electron chi connectivity index (χ4n) is 4.19. The summed E-state index contributed by atoms with van der Waals surface area (Å²) in [6.07, 6.45) is 0. The van der Waals surface area contributed by atoms with Crippen LogP contribution in [0.4, 0.5) is 0 Å². The van der Waals surface area contributed by atoms with E-state index in [2.05, 4.69) is 30.1 Å². The number of amides is 1. The van der Waals surface area contributed by atoms with Crippen molar-refractivity contribution in [2.24, 2.45) is 0 Å². The lowest BCUT2D eigenvalue weighted by Gasteiger charge is -2.27. The van der Waals surface area contributed by atoms with Gasteiger partial charge in [0, 0.05) is 41.3 Å².